The maximum Gasteiger partial charge on any atom is 0.387 e. The number of rotatable bonds is 6. The Morgan fingerprint density at radius 2 is 1.93 bits per heavy atom. The Morgan fingerprint density at radius 1 is 1.17 bits per heavy atom. The van der Waals surface area contributed by atoms with Gasteiger partial charge in [0, 0.05) is 11.8 Å². The summed E-state index contributed by atoms with van der Waals surface area (Å²) in [5.74, 6) is 0.318. The number of fused-ring (bicyclic) bond motifs is 1. The first kappa shape index (κ1) is 19.9. The lowest BCUT2D eigenvalue weighted by Crippen LogP contribution is -2.17. The van der Waals surface area contributed by atoms with Crippen molar-refractivity contribution < 1.29 is 32.5 Å². The van der Waals surface area contributed by atoms with E-state index in [9.17, 15) is 18.8 Å². The summed E-state index contributed by atoms with van der Waals surface area (Å²) in [4.78, 5) is 12.5. The predicted molar refractivity (Wildman–Crippen MR) is 99.3 cm³/mol. The van der Waals surface area contributed by atoms with Gasteiger partial charge in [0.1, 0.15) is 24.9 Å². The zero-order valence-electron chi connectivity index (χ0n) is 15.3. The molecule has 1 N–H and O–H groups in total. The van der Waals surface area contributed by atoms with Gasteiger partial charge in [0.15, 0.2) is 23.0 Å². The number of halogens is 2. The van der Waals surface area contributed by atoms with Gasteiger partial charge in [-0.25, -0.2) is 0 Å². The number of hydrogen-bond acceptors (Lipinski definition) is 6. The van der Waals surface area contributed by atoms with Gasteiger partial charge in [0.25, 0.3) is 5.91 Å². The van der Waals surface area contributed by atoms with E-state index in [1.54, 1.807) is 18.2 Å². The number of amides is 1. The van der Waals surface area contributed by atoms with E-state index in [0.29, 0.717) is 36.0 Å². The number of ether oxygens (including phenoxy) is 4. The van der Waals surface area contributed by atoms with Gasteiger partial charge >= 0.3 is 6.61 Å². The highest BCUT2D eigenvalue weighted by Gasteiger charge is 2.16. The highest BCUT2D eigenvalue weighted by atomic mass is 19.3. The van der Waals surface area contributed by atoms with Crippen molar-refractivity contribution in [3.63, 3.8) is 0 Å². The number of benzene rings is 2. The van der Waals surface area contributed by atoms with Gasteiger partial charge in [0.05, 0.1) is 7.11 Å². The summed E-state index contributed by atoms with van der Waals surface area (Å²) in [7, 11) is 1.29. The van der Waals surface area contributed by atoms with Gasteiger partial charge in [-0.15, -0.1) is 0 Å². The van der Waals surface area contributed by atoms with Gasteiger partial charge in [-0.05, 0) is 35.9 Å². The lowest BCUT2D eigenvalue weighted by Gasteiger charge is -2.18. The zero-order chi connectivity index (χ0) is 20.8. The molecule has 0 saturated carbocycles. The van der Waals surface area contributed by atoms with Crippen molar-refractivity contribution in [1.29, 1.82) is 5.26 Å². The standard InChI is InChI=1S/C20H16F2N2O5/c1-26-17-9-12(2-4-16(17)29-20(21)22)8-13(11-23)19(25)24-14-3-5-15-18(10-14)28-7-6-27-15/h2-5,8-10,20H,6-7H2,1H3,(H,24,25). The van der Waals surface area contributed by atoms with Crippen molar-refractivity contribution in [1.82, 2.24) is 0 Å². The number of anilines is 1. The Labute approximate surface area is 165 Å². The third kappa shape index (κ3) is 4.93. The van der Waals surface area contributed by atoms with Crippen molar-refractivity contribution in [3.05, 3.63) is 47.5 Å². The van der Waals surface area contributed by atoms with Crippen LogP contribution in [0.2, 0.25) is 0 Å². The fourth-order valence-corrected chi connectivity index (χ4v) is 2.60. The molecule has 0 aromatic heterocycles. The molecular weight excluding hydrogens is 386 g/mol. The molecule has 0 saturated heterocycles. The molecule has 0 unspecified atom stereocenters. The highest BCUT2D eigenvalue weighted by molar-refractivity contribution is 6.09. The Morgan fingerprint density at radius 3 is 2.62 bits per heavy atom. The van der Waals surface area contributed by atoms with Crippen LogP contribution in [0.5, 0.6) is 23.0 Å². The number of carbonyl (C=O) groups excluding carboxylic acids is 1. The van der Waals surface area contributed by atoms with Crippen LogP contribution in [0.1, 0.15) is 5.56 Å². The average Bonchev–Trinajstić information content (AvgIpc) is 2.72. The second kappa shape index (κ2) is 8.93. The molecule has 9 heteroatoms. The first-order chi connectivity index (χ1) is 14.0. The quantitative estimate of drug-likeness (QED) is 0.586. The number of methoxy groups -OCH3 is 1. The molecule has 2 aromatic carbocycles. The molecule has 29 heavy (non-hydrogen) atoms. The van der Waals surface area contributed by atoms with E-state index in [2.05, 4.69) is 10.1 Å². The first-order valence-corrected chi connectivity index (χ1v) is 8.46. The minimum Gasteiger partial charge on any atom is -0.493 e. The summed E-state index contributed by atoms with van der Waals surface area (Å²) in [5.41, 5.74) is 0.639. The van der Waals surface area contributed by atoms with E-state index in [-0.39, 0.29) is 17.1 Å². The molecule has 1 heterocycles. The van der Waals surface area contributed by atoms with Gasteiger partial charge < -0.3 is 24.3 Å². The molecule has 0 aliphatic carbocycles. The fourth-order valence-electron chi connectivity index (χ4n) is 2.60. The van der Waals surface area contributed by atoms with E-state index < -0.39 is 12.5 Å². The maximum atomic E-state index is 12.5. The summed E-state index contributed by atoms with van der Waals surface area (Å²) in [6, 6.07) is 10.8. The Kier molecular flexibility index (Phi) is 6.14. The topological polar surface area (TPSA) is 89.8 Å². The maximum absolute atomic E-state index is 12.5. The number of hydrogen-bond donors (Lipinski definition) is 1. The normalized spacial score (nSPS) is 12.9. The van der Waals surface area contributed by atoms with E-state index in [0.717, 1.165) is 0 Å². The number of nitrogens with zero attached hydrogens (tertiary/aromatic N) is 1. The molecule has 7 nitrogen and oxygen atoms in total. The van der Waals surface area contributed by atoms with Crippen LogP contribution in [0.25, 0.3) is 6.08 Å². The summed E-state index contributed by atoms with van der Waals surface area (Å²) in [5, 5.41) is 12.0. The van der Waals surface area contributed by atoms with Crippen LogP contribution in [0.3, 0.4) is 0 Å². The minimum absolute atomic E-state index is 0.0450. The fraction of sp³-hybridized carbons (Fsp3) is 0.200. The smallest absolute Gasteiger partial charge is 0.387 e. The van der Waals surface area contributed by atoms with E-state index in [4.69, 9.17) is 14.2 Å². The van der Waals surface area contributed by atoms with Crippen molar-refractivity contribution in [2.75, 3.05) is 25.6 Å². The Hall–Kier alpha value is -3.80. The third-order valence-corrected chi connectivity index (χ3v) is 3.88. The van der Waals surface area contributed by atoms with Crippen LogP contribution in [-0.4, -0.2) is 32.8 Å². The van der Waals surface area contributed by atoms with E-state index >= 15 is 0 Å². The van der Waals surface area contributed by atoms with Crippen LogP contribution in [0, 0.1) is 11.3 Å². The molecule has 1 aliphatic rings. The van der Waals surface area contributed by atoms with Crippen LogP contribution in [0.4, 0.5) is 14.5 Å². The lowest BCUT2D eigenvalue weighted by molar-refractivity contribution is -0.112. The first-order valence-electron chi connectivity index (χ1n) is 8.46. The molecule has 0 spiro atoms. The van der Waals surface area contributed by atoms with Crippen molar-refractivity contribution in [2.45, 2.75) is 6.61 Å². The molecular formula is C20H16F2N2O5. The molecule has 0 radical (unpaired) electrons. The SMILES string of the molecule is COc1cc(C=C(C#N)C(=O)Nc2ccc3c(c2)OCCO3)ccc1OC(F)F. The van der Waals surface area contributed by atoms with E-state index in [1.807, 2.05) is 6.07 Å². The molecule has 0 fully saturated rings. The zero-order valence-corrected chi connectivity index (χ0v) is 15.3. The second-order valence-corrected chi connectivity index (χ2v) is 5.77. The summed E-state index contributed by atoms with van der Waals surface area (Å²) >= 11 is 0. The largest absolute Gasteiger partial charge is 0.493 e. The lowest BCUT2D eigenvalue weighted by atomic mass is 10.1. The van der Waals surface area contributed by atoms with Gasteiger partial charge in [-0.1, -0.05) is 6.07 Å². The van der Waals surface area contributed by atoms with Gasteiger partial charge in [0.2, 0.25) is 0 Å². The Bertz CT molecular complexity index is 985. The summed E-state index contributed by atoms with van der Waals surface area (Å²) in [6.07, 6.45) is 1.31. The molecule has 1 aliphatic heterocycles. The molecule has 0 bridgehead atoms. The third-order valence-electron chi connectivity index (χ3n) is 3.88. The van der Waals surface area contributed by atoms with Crippen molar-refractivity contribution in [3.8, 4) is 29.1 Å². The Balaban J connectivity index is 1.79. The second-order valence-electron chi connectivity index (χ2n) is 5.77. The van der Waals surface area contributed by atoms with Crippen LogP contribution in [-0.2, 0) is 4.79 Å². The number of carbonyl (C=O) groups is 1. The van der Waals surface area contributed by atoms with Crippen LogP contribution >= 0.6 is 0 Å². The monoisotopic (exact) mass is 402 g/mol. The number of nitriles is 1. The highest BCUT2D eigenvalue weighted by Crippen LogP contribution is 2.33. The summed E-state index contributed by atoms with van der Waals surface area (Å²) < 4.78 is 45.1. The van der Waals surface area contributed by atoms with Crippen molar-refractivity contribution in [2.24, 2.45) is 0 Å². The minimum atomic E-state index is -3.00. The average molecular weight is 402 g/mol. The number of alkyl halides is 2. The van der Waals surface area contributed by atoms with Crippen molar-refractivity contribution >= 4 is 17.7 Å². The van der Waals surface area contributed by atoms with E-state index in [1.165, 1.54) is 31.4 Å². The van der Waals surface area contributed by atoms with Gasteiger partial charge in [-0.3, -0.25) is 4.79 Å². The van der Waals surface area contributed by atoms with Gasteiger partial charge in [-0.2, -0.15) is 14.0 Å². The number of nitrogens with one attached hydrogen (secondary N) is 1. The molecule has 3 rings (SSSR count). The van der Waals surface area contributed by atoms with Crippen LogP contribution < -0.4 is 24.3 Å². The molecule has 2 aromatic rings. The molecule has 1 amide bonds. The predicted octanol–water partition coefficient (Wildman–Crippen LogP) is 3.61. The van der Waals surface area contributed by atoms with Crippen LogP contribution in [0.15, 0.2) is 42.0 Å². The molecule has 150 valence electrons. The summed E-state index contributed by atoms with van der Waals surface area (Å²) in [6.45, 7) is -2.15. The molecule has 0 atom stereocenters.